The summed E-state index contributed by atoms with van der Waals surface area (Å²) in [5.74, 6) is -2.12. The number of benzene rings is 3. The fraction of sp³-hybridized carbons (Fsp3) is 0.0909. The van der Waals surface area contributed by atoms with Gasteiger partial charge in [-0.3, -0.25) is 0 Å². The molecule has 0 bridgehead atoms. The topological polar surface area (TPSA) is 46.6 Å². The molecule has 0 aliphatic carbocycles. The van der Waals surface area contributed by atoms with Crippen LogP contribution >= 0.6 is 11.3 Å². The quantitative estimate of drug-likeness (QED) is 0.294. The predicted octanol–water partition coefficient (Wildman–Crippen LogP) is 6.55. The van der Waals surface area contributed by atoms with Gasteiger partial charge in [0.25, 0.3) is 0 Å². The first kappa shape index (κ1) is 22.1. The fourth-order valence-corrected chi connectivity index (χ4v) is 5.12. The zero-order valence-electron chi connectivity index (χ0n) is 16.4. The Bertz CT molecular complexity index is 1400. The minimum Gasteiger partial charge on any atom is -0.435 e. The second kappa shape index (κ2) is 8.44. The third-order valence-corrected chi connectivity index (χ3v) is 6.58. The first-order chi connectivity index (χ1) is 15.1. The van der Waals surface area contributed by atoms with Gasteiger partial charge in [-0.15, -0.1) is 11.3 Å². The largest absolute Gasteiger partial charge is 0.435 e. The number of sulfonamides is 1. The summed E-state index contributed by atoms with van der Waals surface area (Å²) in [5.41, 5.74) is 0.159. The third kappa shape index (κ3) is 4.56. The number of fused-ring (bicyclic) bond motifs is 1. The number of hydrogen-bond donors (Lipinski definition) is 0. The average Bonchev–Trinajstić information content (AvgIpc) is 3.14. The Balaban J connectivity index is 1.93. The molecule has 4 aromatic rings. The van der Waals surface area contributed by atoms with E-state index in [2.05, 4.69) is 4.74 Å². The number of hydrogen-bond acceptors (Lipinski definition) is 4. The van der Waals surface area contributed by atoms with E-state index in [9.17, 15) is 26.0 Å². The zero-order valence-corrected chi connectivity index (χ0v) is 18.1. The number of thiophene rings is 1. The minimum atomic E-state index is -3.94. The number of halogens is 4. The van der Waals surface area contributed by atoms with Gasteiger partial charge in [-0.25, -0.2) is 21.5 Å². The maximum absolute atomic E-state index is 14.4. The van der Waals surface area contributed by atoms with Gasteiger partial charge in [-0.2, -0.15) is 8.78 Å². The van der Waals surface area contributed by atoms with E-state index in [0.717, 1.165) is 44.9 Å². The molecule has 0 radical (unpaired) electrons. The van der Waals surface area contributed by atoms with Crippen LogP contribution in [0.4, 0.5) is 28.9 Å². The lowest BCUT2D eigenvalue weighted by atomic mass is 10.0. The van der Waals surface area contributed by atoms with Crippen molar-refractivity contribution in [1.82, 2.24) is 0 Å². The molecule has 0 saturated carbocycles. The van der Waals surface area contributed by atoms with Gasteiger partial charge in [0, 0.05) is 22.4 Å². The third-order valence-electron chi connectivity index (χ3n) is 4.60. The van der Waals surface area contributed by atoms with Crippen LogP contribution in [-0.4, -0.2) is 21.3 Å². The second-order valence-electron chi connectivity index (χ2n) is 6.89. The molecule has 3 aromatic carbocycles. The van der Waals surface area contributed by atoms with E-state index in [1.807, 2.05) is 11.4 Å². The normalized spacial score (nSPS) is 11.8. The molecule has 0 atom stereocenters. The molecular weight excluding hydrogens is 466 g/mol. The molecule has 0 saturated heterocycles. The van der Waals surface area contributed by atoms with E-state index in [0.29, 0.717) is 6.07 Å². The summed E-state index contributed by atoms with van der Waals surface area (Å²) in [6, 6.07) is 13.2. The molecule has 0 amide bonds. The molecule has 0 unspecified atom stereocenters. The van der Waals surface area contributed by atoms with E-state index in [1.165, 1.54) is 17.4 Å². The van der Waals surface area contributed by atoms with E-state index in [-0.39, 0.29) is 28.3 Å². The molecule has 0 spiro atoms. The van der Waals surface area contributed by atoms with Crippen LogP contribution in [-0.2, 0) is 10.0 Å². The summed E-state index contributed by atoms with van der Waals surface area (Å²) >= 11 is 1.48. The lowest BCUT2D eigenvalue weighted by Gasteiger charge is -2.24. The van der Waals surface area contributed by atoms with Crippen LogP contribution in [0, 0.1) is 11.6 Å². The number of alkyl halides is 2. The smallest absolute Gasteiger partial charge is 0.387 e. The van der Waals surface area contributed by atoms with Crippen LogP contribution in [0.2, 0.25) is 0 Å². The van der Waals surface area contributed by atoms with Crippen molar-refractivity contribution in [2.24, 2.45) is 0 Å². The van der Waals surface area contributed by atoms with Crippen LogP contribution in [0.1, 0.15) is 0 Å². The lowest BCUT2D eigenvalue weighted by Crippen LogP contribution is -2.24. The summed E-state index contributed by atoms with van der Waals surface area (Å²) in [6.07, 6.45) is 0.962. The van der Waals surface area contributed by atoms with Gasteiger partial charge in [0.15, 0.2) is 0 Å². The van der Waals surface area contributed by atoms with E-state index in [1.54, 1.807) is 18.2 Å². The van der Waals surface area contributed by atoms with Crippen molar-refractivity contribution in [3.8, 4) is 16.9 Å². The predicted molar refractivity (Wildman–Crippen MR) is 117 cm³/mol. The number of nitrogens with zero attached hydrogens (tertiary/aromatic N) is 1. The Labute approximate surface area is 185 Å². The minimum absolute atomic E-state index is 0.0425. The molecule has 4 rings (SSSR count). The van der Waals surface area contributed by atoms with Gasteiger partial charge in [0.2, 0.25) is 10.0 Å². The molecule has 1 heterocycles. The van der Waals surface area contributed by atoms with Crippen molar-refractivity contribution in [2.45, 2.75) is 6.61 Å². The maximum Gasteiger partial charge on any atom is 0.387 e. The number of ether oxygens (including phenoxy) is 1. The van der Waals surface area contributed by atoms with Gasteiger partial charge in [0.05, 0.1) is 17.6 Å². The van der Waals surface area contributed by atoms with Gasteiger partial charge in [0.1, 0.15) is 17.4 Å². The monoisotopic (exact) mass is 481 g/mol. The summed E-state index contributed by atoms with van der Waals surface area (Å²) < 4.78 is 85.4. The Morgan fingerprint density at radius 2 is 1.72 bits per heavy atom. The number of rotatable bonds is 6. The molecule has 0 fully saturated rings. The van der Waals surface area contributed by atoms with Gasteiger partial charge < -0.3 is 4.74 Å². The van der Waals surface area contributed by atoms with Crippen molar-refractivity contribution in [2.75, 3.05) is 10.6 Å². The Kier molecular flexibility index (Phi) is 5.83. The molecule has 10 heteroatoms. The maximum atomic E-state index is 14.4. The van der Waals surface area contributed by atoms with Crippen LogP contribution < -0.4 is 9.04 Å². The zero-order chi connectivity index (χ0) is 23.0. The van der Waals surface area contributed by atoms with Crippen molar-refractivity contribution in [1.29, 1.82) is 0 Å². The summed E-state index contributed by atoms with van der Waals surface area (Å²) in [6.45, 7) is -3.19. The molecule has 1 aromatic heterocycles. The van der Waals surface area contributed by atoms with E-state index < -0.39 is 28.3 Å². The standard InChI is InChI=1S/C22H15F4NO3S2/c1-32(28,29)27(16-3-5-21-13(8-16)6-7-31-21)17-9-14(10-18(12-17)30-22(25)26)19-4-2-15(23)11-20(19)24/h2-12,22H,1H3. The van der Waals surface area contributed by atoms with Crippen molar-refractivity contribution in [3.05, 3.63) is 77.7 Å². The van der Waals surface area contributed by atoms with Crippen LogP contribution in [0.15, 0.2) is 66.0 Å². The molecule has 0 N–H and O–H groups in total. The Morgan fingerprint density at radius 1 is 0.938 bits per heavy atom. The Morgan fingerprint density at radius 3 is 2.41 bits per heavy atom. The Hall–Kier alpha value is -3.11. The first-order valence-electron chi connectivity index (χ1n) is 9.15. The molecule has 166 valence electrons. The van der Waals surface area contributed by atoms with Gasteiger partial charge in [-0.1, -0.05) is 0 Å². The second-order valence-corrected chi connectivity index (χ2v) is 9.67. The van der Waals surface area contributed by atoms with Crippen molar-refractivity contribution >= 4 is 42.8 Å². The molecular formula is C22H15F4NO3S2. The molecule has 4 nitrogen and oxygen atoms in total. The van der Waals surface area contributed by atoms with Crippen molar-refractivity contribution < 1.29 is 30.7 Å². The first-order valence-corrected chi connectivity index (χ1v) is 11.9. The average molecular weight is 481 g/mol. The summed E-state index contributed by atoms with van der Waals surface area (Å²) in [5, 5.41) is 2.65. The van der Waals surface area contributed by atoms with Crippen LogP contribution in [0.5, 0.6) is 5.75 Å². The van der Waals surface area contributed by atoms with Crippen molar-refractivity contribution in [3.63, 3.8) is 0 Å². The highest BCUT2D eigenvalue weighted by atomic mass is 32.2. The fourth-order valence-electron chi connectivity index (χ4n) is 3.36. The highest BCUT2D eigenvalue weighted by molar-refractivity contribution is 7.92. The summed E-state index contributed by atoms with van der Waals surface area (Å²) in [7, 11) is -3.94. The lowest BCUT2D eigenvalue weighted by molar-refractivity contribution is -0.0497. The molecule has 0 aliphatic heterocycles. The van der Waals surface area contributed by atoms with Crippen LogP contribution in [0.3, 0.4) is 0 Å². The van der Waals surface area contributed by atoms with Crippen LogP contribution in [0.25, 0.3) is 21.2 Å². The van der Waals surface area contributed by atoms with E-state index >= 15 is 0 Å². The molecule has 32 heavy (non-hydrogen) atoms. The SMILES string of the molecule is CS(=O)(=O)N(c1cc(OC(F)F)cc(-c2ccc(F)cc2F)c1)c1ccc2sccc2c1. The molecule has 0 aliphatic rings. The van der Waals surface area contributed by atoms with E-state index in [4.69, 9.17) is 0 Å². The number of anilines is 2. The highest BCUT2D eigenvalue weighted by Crippen LogP contribution is 2.38. The van der Waals surface area contributed by atoms with Gasteiger partial charge >= 0.3 is 6.61 Å². The highest BCUT2D eigenvalue weighted by Gasteiger charge is 2.23. The van der Waals surface area contributed by atoms with Gasteiger partial charge in [-0.05, 0) is 64.9 Å². The summed E-state index contributed by atoms with van der Waals surface area (Å²) in [4.78, 5) is 0.